The Balaban J connectivity index is 1.65. The van der Waals surface area contributed by atoms with E-state index in [0.717, 1.165) is 0 Å². The number of nitrogens with one attached hydrogen (secondary N) is 1. The van der Waals surface area contributed by atoms with Crippen LogP contribution in [0.15, 0.2) is 60.3 Å². The van der Waals surface area contributed by atoms with Crippen molar-refractivity contribution in [3.8, 4) is 11.5 Å². The molecule has 1 N–H and O–H groups in total. The van der Waals surface area contributed by atoms with E-state index < -0.39 is 0 Å². The summed E-state index contributed by atoms with van der Waals surface area (Å²) < 4.78 is 13.0. The highest BCUT2D eigenvalue weighted by Crippen LogP contribution is 2.30. The topological polar surface area (TPSA) is 78.3 Å². The lowest BCUT2D eigenvalue weighted by molar-refractivity contribution is -0.113. The molecular weight excluding hydrogens is 459 g/mol. The summed E-state index contributed by atoms with van der Waals surface area (Å²) in [7, 11) is 1.58. The van der Waals surface area contributed by atoms with Crippen LogP contribution in [-0.2, 0) is 17.9 Å². The summed E-state index contributed by atoms with van der Waals surface area (Å²) in [6.07, 6.45) is 1.73. The number of carbonyl (C=O) groups is 1. The van der Waals surface area contributed by atoms with E-state index in [4.69, 9.17) is 32.7 Å². The molecule has 0 aliphatic heterocycles. The molecule has 0 aliphatic carbocycles. The number of allylic oxidation sites excluding steroid dienone is 1. The maximum absolute atomic E-state index is 12.4. The van der Waals surface area contributed by atoms with Crippen LogP contribution in [0.4, 0.5) is 5.69 Å². The predicted octanol–water partition coefficient (Wildman–Crippen LogP) is 5.09. The van der Waals surface area contributed by atoms with Gasteiger partial charge in [0.15, 0.2) is 22.5 Å². The number of nitrogens with zero attached hydrogens (tertiary/aromatic N) is 3. The molecule has 162 valence electrons. The molecule has 1 aromatic heterocycles. The van der Waals surface area contributed by atoms with E-state index in [0.29, 0.717) is 44.8 Å². The maximum atomic E-state index is 12.4. The van der Waals surface area contributed by atoms with Gasteiger partial charge in [-0.2, -0.15) is 0 Å². The number of methoxy groups -OCH3 is 1. The van der Waals surface area contributed by atoms with Crippen molar-refractivity contribution in [3.05, 3.63) is 71.0 Å². The molecule has 0 spiro atoms. The van der Waals surface area contributed by atoms with Crippen molar-refractivity contribution in [3.63, 3.8) is 0 Å². The average molecular weight is 479 g/mol. The van der Waals surface area contributed by atoms with Gasteiger partial charge < -0.3 is 14.8 Å². The number of thioether (sulfide) groups is 1. The molecule has 0 fully saturated rings. The zero-order chi connectivity index (χ0) is 22.2. The van der Waals surface area contributed by atoms with Gasteiger partial charge in [0.1, 0.15) is 6.61 Å². The summed E-state index contributed by atoms with van der Waals surface area (Å²) in [4.78, 5) is 12.4. The Morgan fingerprint density at radius 1 is 1.19 bits per heavy atom. The number of hydrogen-bond donors (Lipinski definition) is 1. The molecule has 0 aliphatic rings. The fourth-order valence-corrected chi connectivity index (χ4v) is 3.76. The van der Waals surface area contributed by atoms with E-state index >= 15 is 0 Å². The first-order valence-corrected chi connectivity index (χ1v) is 10.9. The first-order valence-electron chi connectivity index (χ1n) is 9.19. The van der Waals surface area contributed by atoms with E-state index in [1.807, 2.05) is 28.8 Å². The van der Waals surface area contributed by atoms with Crippen LogP contribution in [0.5, 0.6) is 11.5 Å². The van der Waals surface area contributed by atoms with Gasteiger partial charge in [0, 0.05) is 6.54 Å². The van der Waals surface area contributed by atoms with Gasteiger partial charge in [-0.25, -0.2) is 0 Å². The standard InChI is InChI=1S/C21H20Cl2N4O3S/c1-3-11-27-18(12-30-17-10-5-4-9-16(17)29-2)25-26-21(27)31-13-19(28)24-15-8-6-7-14(22)20(15)23/h3-10H,1,11-13H2,2H3,(H,24,28). The van der Waals surface area contributed by atoms with Gasteiger partial charge in [-0.05, 0) is 24.3 Å². The highest BCUT2D eigenvalue weighted by molar-refractivity contribution is 7.99. The fraction of sp³-hybridized carbons (Fsp3) is 0.190. The lowest BCUT2D eigenvalue weighted by Gasteiger charge is -2.11. The third-order valence-corrected chi connectivity index (χ3v) is 5.87. The van der Waals surface area contributed by atoms with E-state index in [1.54, 1.807) is 31.4 Å². The number of anilines is 1. The number of carbonyl (C=O) groups excluding carboxylic acids is 1. The van der Waals surface area contributed by atoms with Crippen LogP contribution >= 0.6 is 35.0 Å². The van der Waals surface area contributed by atoms with Gasteiger partial charge in [-0.3, -0.25) is 9.36 Å². The number of amides is 1. The highest BCUT2D eigenvalue weighted by Gasteiger charge is 2.16. The van der Waals surface area contributed by atoms with Gasteiger partial charge in [-0.1, -0.05) is 59.2 Å². The average Bonchev–Trinajstić information content (AvgIpc) is 3.16. The molecule has 2 aromatic carbocycles. The van der Waals surface area contributed by atoms with E-state index in [1.165, 1.54) is 11.8 Å². The third-order valence-electron chi connectivity index (χ3n) is 4.09. The molecule has 0 bridgehead atoms. The summed E-state index contributed by atoms with van der Waals surface area (Å²) in [6.45, 7) is 4.44. The summed E-state index contributed by atoms with van der Waals surface area (Å²) in [6, 6.07) is 12.4. The molecule has 10 heteroatoms. The van der Waals surface area contributed by atoms with Crippen molar-refractivity contribution in [2.24, 2.45) is 0 Å². The second-order valence-electron chi connectivity index (χ2n) is 6.18. The van der Waals surface area contributed by atoms with Crippen molar-refractivity contribution in [2.45, 2.75) is 18.3 Å². The lowest BCUT2D eigenvalue weighted by Crippen LogP contribution is -2.15. The third kappa shape index (κ3) is 5.94. The van der Waals surface area contributed by atoms with Gasteiger partial charge in [0.25, 0.3) is 0 Å². The SMILES string of the molecule is C=CCn1c(COc2ccccc2OC)nnc1SCC(=O)Nc1cccc(Cl)c1Cl. The Kier molecular flexibility index (Phi) is 8.22. The molecule has 7 nitrogen and oxygen atoms in total. The molecule has 0 saturated carbocycles. The number of aromatic nitrogens is 3. The fourth-order valence-electron chi connectivity index (χ4n) is 2.64. The summed E-state index contributed by atoms with van der Waals surface area (Å²) in [5, 5.41) is 12.4. The molecule has 1 heterocycles. The Morgan fingerprint density at radius 2 is 1.97 bits per heavy atom. The van der Waals surface area contributed by atoms with Crippen LogP contribution in [-0.4, -0.2) is 33.5 Å². The van der Waals surface area contributed by atoms with Crippen LogP contribution in [0.2, 0.25) is 10.0 Å². The number of rotatable bonds is 10. The molecule has 3 rings (SSSR count). The Hall–Kier alpha value is -2.68. The molecule has 0 radical (unpaired) electrons. The van der Waals surface area contributed by atoms with Gasteiger partial charge in [0.2, 0.25) is 5.91 Å². The molecule has 1 amide bonds. The number of para-hydroxylation sites is 2. The van der Waals surface area contributed by atoms with E-state index in [9.17, 15) is 4.79 Å². The van der Waals surface area contributed by atoms with Crippen molar-refractivity contribution < 1.29 is 14.3 Å². The summed E-state index contributed by atoms with van der Waals surface area (Å²) in [5.74, 6) is 1.71. The van der Waals surface area contributed by atoms with Crippen LogP contribution in [0.25, 0.3) is 0 Å². The Labute approximate surface area is 194 Å². The van der Waals surface area contributed by atoms with Crippen molar-refractivity contribution in [1.29, 1.82) is 0 Å². The predicted molar refractivity (Wildman–Crippen MR) is 123 cm³/mol. The Morgan fingerprint density at radius 3 is 2.71 bits per heavy atom. The van der Waals surface area contributed by atoms with Crippen LogP contribution in [0.3, 0.4) is 0 Å². The van der Waals surface area contributed by atoms with Crippen LogP contribution in [0, 0.1) is 0 Å². The quantitative estimate of drug-likeness (QED) is 0.323. The molecular formula is C21H20Cl2N4O3S. The minimum atomic E-state index is -0.242. The van der Waals surface area contributed by atoms with Gasteiger partial charge in [-0.15, -0.1) is 16.8 Å². The normalized spacial score (nSPS) is 10.5. The second kappa shape index (κ2) is 11.1. The minimum absolute atomic E-state index is 0.117. The Bertz CT molecular complexity index is 1070. The molecule has 3 aromatic rings. The van der Waals surface area contributed by atoms with Gasteiger partial charge >= 0.3 is 0 Å². The first-order chi connectivity index (χ1) is 15.0. The monoisotopic (exact) mass is 478 g/mol. The van der Waals surface area contributed by atoms with Crippen molar-refractivity contribution >= 4 is 46.6 Å². The first kappa shape index (κ1) is 23.0. The number of ether oxygens (including phenoxy) is 2. The number of halogens is 2. The molecule has 0 atom stereocenters. The number of benzene rings is 2. The van der Waals surface area contributed by atoms with Crippen molar-refractivity contribution in [1.82, 2.24) is 14.8 Å². The van der Waals surface area contributed by atoms with Crippen molar-refractivity contribution in [2.75, 3.05) is 18.2 Å². The smallest absolute Gasteiger partial charge is 0.234 e. The van der Waals surface area contributed by atoms with Gasteiger partial charge in [0.05, 0.1) is 28.6 Å². The van der Waals surface area contributed by atoms with E-state index in [2.05, 4.69) is 22.1 Å². The molecule has 31 heavy (non-hydrogen) atoms. The highest BCUT2D eigenvalue weighted by atomic mass is 35.5. The second-order valence-corrected chi connectivity index (χ2v) is 7.90. The minimum Gasteiger partial charge on any atom is -0.493 e. The summed E-state index contributed by atoms with van der Waals surface area (Å²) in [5.41, 5.74) is 0.457. The molecule has 0 saturated heterocycles. The largest absolute Gasteiger partial charge is 0.493 e. The number of hydrogen-bond acceptors (Lipinski definition) is 6. The summed E-state index contributed by atoms with van der Waals surface area (Å²) >= 11 is 13.3. The van der Waals surface area contributed by atoms with E-state index in [-0.39, 0.29) is 18.3 Å². The maximum Gasteiger partial charge on any atom is 0.234 e. The van der Waals surface area contributed by atoms with Crippen LogP contribution in [0.1, 0.15) is 5.82 Å². The van der Waals surface area contributed by atoms with Crippen LogP contribution < -0.4 is 14.8 Å². The zero-order valence-electron chi connectivity index (χ0n) is 16.7. The zero-order valence-corrected chi connectivity index (χ0v) is 19.0. The molecule has 0 unspecified atom stereocenters. The lowest BCUT2D eigenvalue weighted by atomic mass is 10.3.